The van der Waals surface area contributed by atoms with Crippen molar-refractivity contribution in [3.8, 4) is 6.07 Å². The van der Waals surface area contributed by atoms with E-state index in [4.69, 9.17) is 5.26 Å². The van der Waals surface area contributed by atoms with Crippen LogP contribution in [0.4, 0.5) is 13.2 Å². The Bertz CT molecular complexity index is 606. The first kappa shape index (κ1) is 16.5. The first-order chi connectivity index (χ1) is 9.22. The molecule has 0 aromatic heterocycles. The van der Waals surface area contributed by atoms with Gasteiger partial charge in [0.15, 0.2) is 0 Å². The third-order valence-corrected chi connectivity index (χ3v) is 4.04. The lowest BCUT2D eigenvalue weighted by molar-refractivity contribution is -0.139. The SMILES string of the molecule is CCCC(C#N)NS(=O)(=O)c1ccccc1C(F)(F)F. The van der Waals surface area contributed by atoms with Crippen molar-refractivity contribution in [3.05, 3.63) is 29.8 Å². The molecular weight excluding hydrogens is 293 g/mol. The van der Waals surface area contributed by atoms with E-state index >= 15 is 0 Å². The van der Waals surface area contributed by atoms with Gasteiger partial charge < -0.3 is 0 Å². The van der Waals surface area contributed by atoms with Crippen molar-refractivity contribution < 1.29 is 21.6 Å². The molecule has 1 aromatic carbocycles. The van der Waals surface area contributed by atoms with Gasteiger partial charge in [-0.05, 0) is 18.6 Å². The fourth-order valence-electron chi connectivity index (χ4n) is 1.62. The number of nitriles is 1. The summed E-state index contributed by atoms with van der Waals surface area (Å²) in [7, 11) is -4.40. The summed E-state index contributed by atoms with van der Waals surface area (Å²) in [4.78, 5) is -0.871. The van der Waals surface area contributed by atoms with Gasteiger partial charge in [-0.3, -0.25) is 0 Å². The summed E-state index contributed by atoms with van der Waals surface area (Å²) in [5.41, 5.74) is -1.25. The number of nitrogens with one attached hydrogen (secondary N) is 1. The van der Waals surface area contributed by atoms with E-state index in [9.17, 15) is 21.6 Å². The van der Waals surface area contributed by atoms with Crippen LogP contribution in [0.25, 0.3) is 0 Å². The molecule has 8 heteroatoms. The van der Waals surface area contributed by atoms with Crippen LogP contribution in [-0.2, 0) is 16.2 Å². The van der Waals surface area contributed by atoms with Crippen LogP contribution < -0.4 is 4.72 Å². The number of sulfonamides is 1. The van der Waals surface area contributed by atoms with Crippen molar-refractivity contribution in [3.63, 3.8) is 0 Å². The van der Waals surface area contributed by atoms with Crippen molar-refractivity contribution in [2.45, 2.75) is 36.9 Å². The van der Waals surface area contributed by atoms with E-state index in [0.717, 1.165) is 12.1 Å². The van der Waals surface area contributed by atoms with Crippen LogP contribution >= 0.6 is 0 Å². The smallest absolute Gasteiger partial charge is 0.207 e. The molecule has 0 heterocycles. The molecule has 1 rings (SSSR count). The minimum absolute atomic E-state index is 0.226. The summed E-state index contributed by atoms with van der Waals surface area (Å²) >= 11 is 0. The Morgan fingerprint density at radius 2 is 1.95 bits per heavy atom. The molecule has 0 aliphatic rings. The largest absolute Gasteiger partial charge is 0.417 e. The van der Waals surface area contributed by atoms with Gasteiger partial charge in [0.1, 0.15) is 6.04 Å². The van der Waals surface area contributed by atoms with E-state index in [1.807, 2.05) is 4.72 Å². The molecular formula is C12H13F3N2O2S. The molecule has 1 aromatic rings. The maximum atomic E-state index is 12.8. The highest BCUT2D eigenvalue weighted by Gasteiger charge is 2.37. The lowest BCUT2D eigenvalue weighted by atomic mass is 10.2. The molecule has 0 radical (unpaired) electrons. The molecule has 110 valence electrons. The zero-order chi connectivity index (χ0) is 15.4. The van der Waals surface area contributed by atoms with Gasteiger partial charge in [-0.25, -0.2) is 8.42 Å². The molecule has 1 atom stereocenters. The molecule has 0 amide bonds. The summed E-state index contributed by atoms with van der Waals surface area (Å²) in [6.07, 6.45) is -4.02. The molecule has 1 unspecified atom stereocenters. The molecule has 20 heavy (non-hydrogen) atoms. The van der Waals surface area contributed by atoms with Gasteiger partial charge in [0.25, 0.3) is 0 Å². The van der Waals surface area contributed by atoms with E-state index in [2.05, 4.69) is 0 Å². The van der Waals surface area contributed by atoms with E-state index in [1.54, 1.807) is 13.0 Å². The second-order valence-electron chi connectivity index (χ2n) is 4.09. The lowest BCUT2D eigenvalue weighted by Gasteiger charge is -2.15. The summed E-state index contributed by atoms with van der Waals surface area (Å²) < 4.78 is 64.3. The molecule has 0 saturated heterocycles. The van der Waals surface area contributed by atoms with Gasteiger partial charge in [-0.15, -0.1) is 0 Å². The zero-order valence-corrected chi connectivity index (χ0v) is 11.4. The quantitative estimate of drug-likeness (QED) is 0.909. The minimum atomic E-state index is -4.78. The number of hydrogen-bond donors (Lipinski definition) is 1. The van der Waals surface area contributed by atoms with Gasteiger partial charge in [-0.1, -0.05) is 25.5 Å². The fraction of sp³-hybridized carbons (Fsp3) is 0.417. The van der Waals surface area contributed by atoms with Gasteiger partial charge in [-0.2, -0.15) is 23.2 Å². The second kappa shape index (κ2) is 6.24. The summed E-state index contributed by atoms with van der Waals surface area (Å²) in [5, 5.41) is 8.80. The van der Waals surface area contributed by atoms with Crippen molar-refractivity contribution in [2.75, 3.05) is 0 Å². The van der Waals surface area contributed by atoms with E-state index in [0.29, 0.717) is 12.5 Å². The van der Waals surface area contributed by atoms with Crippen LogP contribution in [0.2, 0.25) is 0 Å². The average Bonchev–Trinajstić information content (AvgIpc) is 2.37. The van der Waals surface area contributed by atoms with Gasteiger partial charge >= 0.3 is 6.18 Å². The molecule has 4 nitrogen and oxygen atoms in total. The van der Waals surface area contributed by atoms with E-state index < -0.39 is 32.7 Å². The first-order valence-electron chi connectivity index (χ1n) is 5.80. The van der Waals surface area contributed by atoms with Gasteiger partial charge in [0.2, 0.25) is 10.0 Å². The minimum Gasteiger partial charge on any atom is -0.207 e. The Hall–Kier alpha value is -1.59. The Labute approximate surface area is 115 Å². The number of nitrogens with zero attached hydrogens (tertiary/aromatic N) is 1. The van der Waals surface area contributed by atoms with Crippen LogP contribution in [-0.4, -0.2) is 14.5 Å². The molecule has 0 aliphatic heterocycles. The van der Waals surface area contributed by atoms with Gasteiger partial charge in [0, 0.05) is 0 Å². The molecule has 1 N–H and O–H groups in total. The molecule has 0 spiro atoms. The molecule has 0 bridgehead atoms. The number of alkyl halides is 3. The predicted molar refractivity (Wildman–Crippen MR) is 66.1 cm³/mol. The normalized spacial score (nSPS) is 13.8. The second-order valence-corrected chi connectivity index (χ2v) is 5.77. The Balaban J connectivity index is 3.21. The topological polar surface area (TPSA) is 70.0 Å². The Morgan fingerprint density at radius 3 is 2.45 bits per heavy atom. The maximum absolute atomic E-state index is 12.8. The zero-order valence-electron chi connectivity index (χ0n) is 10.6. The van der Waals surface area contributed by atoms with Crippen LogP contribution in [0.5, 0.6) is 0 Å². The van der Waals surface area contributed by atoms with Crippen LogP contribution in [0.1, 0.15) is 25.3 Å². The number of halogens is 3. The summed E-state index contributed by atoms with van der Waals surface area (Å²) in [5.74, 6) is 0. The van der Waals surface area contributed by atoms with Gasteiger partial charge in [0.05, 0.1) is 16.5 Å². The molecule has 0 aliphatic carbocycles. The summed E-state index contributed by atoms with van der Waals surface area (Å²) in [6, 6.07) is 4.53. The van der Waals surface area contributed by atoms with Crippen molar-refractivity contribution >= 4 is 10.0 Å². The average molecular weight is 306 g/mol. The molecule has 0 fully saturated rings. The summed E-state index contributed by atoms with van der Waals surface area (Å²) in [6.45, 7) is 1.74. The third-order valence-electron chi connectivity index (χ3n) is 2.51. The van der Waals surface area contributed by atoms with E-state index in [1.165, 1.54) is 6.07 Å². The van der Waals surface area contributed by atoms with Crippen molar-refractivity contribution in [2.24, 2.45) is 0 Å². The molecule has 0 saturated carbocycles. The lowest BCUT2D eigenvalue weighted by Crippen LogP contribution is -2.34. The van der Waals surface area contributed by atoms with Crippen molar-refractivity contribution in [1.29, 1.82) is 5.26 Å². The highest BCUT2D eigenvalue weighted by molar-refractivity contribution is 7.89. The number of hydrogen-bond acceptors (Lipinski definition) is 3. The van der Waals surface area contributed by atoms with Crippen LogP contribution in [0, 0.1) is 11.3 Å². The highest BCUT2D eigenvalue weighted by atomic mass is 32.2. The Kier molecular flexibility index (Phi) is 5.14. The first-order valence-corrected chi connectivity index (χ1v) is 7.29. The van der Waals surface area contributed by atoms with E-state index in [-0.39, 0.29) is 6.42 Å². The fourth-order valence-corrected chi connectivity index (χ4v) is 3.03. The monoisotopic (exact) mass is 306 g/mol. The third kappa shape index (κ3) is 3.95. The number of rotatable bonds is 5. The van der Waals surface area contributed by atoms with Crippen molar-refractivity contribution in [1.82, 2.24) is 4.72 Å². The van der Waals surface area contributed by atoms with Crippen LogP contribution in [0.15, 0.2) is 29.2 Å². The standard InChI is InChI=1S/C12H13F3N2O2S/c1-2-5-9(8-16)17-20(18,19)11-7-4-3-6-10(11)12(13,14)15/h3-4,6-7,9,17H,2,5H2,1H3. The van der Waals surface area contributed by atoms with Crippen LogP contribution in [0.3, 0.4) is 0 Å². The Morgan fingerprint density at radius 1 is 1.35 bits per heavy atom. The predicted octanol–water partition coefficient (Wildman–Crippen LogP) is 2.68. The maximum Gasteiger partial charge on any atom is 0.417 e. The highest BCUT2D eigenvalue weighted by Crippen LogP contribution is 2.33. The number of benzene rings is 1.